The molecule has 0 aromatic heterocycles. The average molecular weight is 882 g/mol. The Morgan fingerprint density at radius 2 is 1.00 bits per heavy atom. The molecule has 8 N–H and O–H groups in total. The number of unbranched alkanes of at least 4 members (excludes halogenated alkanes) is 24. The highest BCUT2D eigenvalue weighted by molar-refractivity contribution is 5.80. The number of amides is 1. The first-order valence-corrected chi connectivity index (χ1v) is 25.4. The van der Waals surface area contributed by atoms with Gasteiger partial charge in [0.05, 0.1) is 25.4 Å². The maximum absolute atomic E-state index is 13.1. The number of carbonyl (C=O) groups excluding carboxylic acids is 1. The number of ether oxygens (including phenoxy) is 2. The molecule has 0 bridgehead atoms. The van der Waals surface area contributed by atoms with E-state index in [-0.39, 0.29) is 12.8 Å². The Hall–Kier alpha value is -1.67. The van der Waals surface area contributed by atoms with E-state index >= 15 is 0 Å². The second-order valence-corrected chi connectivity index (χ2v) is 17.9. The van der Waals surface area contributed by atoms with Crippen molar-refractivity contribution < 1.29 is 50.0 Å². The van der Waals surface area contributed by atoms with Gasteiger partial charge in [0.1, 0.15) is 36.6 Å². The third kappa shape index (κ3) is 29.7. The second kappa shape index (κ2) is 40.8. The third-order valence-electron chi connectivity index (χ3n) is 12.1. The summed E-state index contributed by atoms with van der Waals surface area (Å²) in [4.78, 5) is 13.1. The van der Waals surface area contributed by atoms with Crippen molar-refractivity contribution in [3.8, 4) is 0 Å². The van der Waals surface area contributed by atoms with E-state index in [9.17, 15) is 40.5 Å². The topological polar surface area (TPSA) is 189 Å². The molecule has 0 radical (unpaired) electrons. The summed E-state index contributed by atoms with van der Waals surface area (Å²) in [5.41, 5.74) is 0. The summed E-state index contributed by atoms with van der Waals surface area (Å²) in [6.45, 7) is 3.34. The SMILES string of the molecule is CCC/C=C/CC/C=C/CCCC(O)C(O)C(COC1OC(CO)C(O)C(O)C1O)NC(=O)C(O)CCCCCCCCCCC/C=C\CCCCCCCCCCCCCC. The Morgan fingerprint density at radius 1 is 0.548 bits per heavy atom. The van der Waals surface area contributed by atoms with Crippen LogP contribution in [0.4, 0.5) is 0 Å². The number of hydrogen-bond acceptors (Lipinski definition) is 10. The van der Waals surface area contributed by atoms with Gasteiger partial charge in [-0.15, -0.1) is 0 Å². The minimum absolute atomic E-state index is 0.244. The Labute approximate surface area is 377 Å². The van der Waals surface area contributed by atoms with Gasteiger partial charge < -0.3 is 50.5 Å². The lowest BCUT2D eigenvalue weighted by Crippen LogP contribution is -2.60. The van der Waals surface area contributed by atoms with Gasteiger partial charge in [0.2, 0.25) is 5.91 Å². The lowest BCUT2D eigenvalue weighted by molar-refractivity contribution is -0.303. The average Bonchev–Trinajstić information content (AvgIpc) is 3.27. The Balaban J connectivity index is 2.31. The van der Waals surface area contributed by atoms with E-state index in [2.05, 4.69) is 49.5 Å². The number of aliphatic hydroxyl groups excluding tert-OH is 7. The monoisotopic (exact) mass is 882 g/mol. The fourth-order valence-electron chi connectivity index (χ4n) is 7.93. The first-order chi connectivity index (χ1) is 30.2. The van der Waals surface area contributed by atoms with E-state index < -0.39 is 74.2 Å². The number of hydrogen-bond donors (Lipinski definition) is 8. The maximum Gasteiger partial charge on any atom is 0.249 e. The molecule has 0 aliphatic carbocycles. The molecule has 1 fully saturated rings. The van der Waals surface area contributed by atoms with E-state index in [1.165, 1.54) is 122 Å². The fraction of sp³-hybridized carbons (Fsp3) is 0.863. The van der Waals surface area contributed by atoms with Crippen LogP contribution in [0.25, 0.3) is 0 Å². The van der Waals surface area contributed by atoms with Crippen LogP contribution in [0.1, 0.15) is 213 Å². The van der Waals surface area contributed by atoms with E-state index in [1.807, 2.05) is 6.08 Å². The summed E-state index contributed by atoms with van der Waals surface area (Å²) in [6, 6.07) is -1.19. The van der Waals surface area contributed by atoms with E-state index in [1.54, 1.807) is 0 Å². The van der Waals surface area contributed by atoms with Crippen LogP contribution < -0.4 is 5.32 Å². The first kappa shape index (κ1) is 58.3. The Kier molecular flexibility index (Phi) is 38.4. The zero-order chi connectivity index (χ0) is 45.5. The van der Waals surface area contributed by atoms with Gasteiger partial charge in [0, 0.05) is 0 Å². The van der Waals surface area contributed by atoms with Gasteiger partial charge in [-0.3, -0.25) is 4.79 Å². The van der Waals surface area contributed by atoms with Crippen molar-refractivity contribution in [2.75, 3.05) is 13.2 Å². The summed E-state index contributed by atoms with van der Waals surface area (Å²) in [5.74, 6) is -0.714. The van der Waals surface area contributed by atoms with Gasteiger partial charge in [0.25, 0.3) is 0 Å². The molecule has 0 saturated carbocycles. The van der Waals surface area contributed by atoms with Crippen molar-refractivity contribution in [3.05, 3.63) is 36.5 Å². The van der Waals surface area contributed by atoms with Crippen LogP contribution in [0.3, 0.4) is 0 Å². The van der Waals surface area contributed by atoms with Gasteiger partial charge in [0.15, 0.2) is 6.29 Å². The van der Waals surface area contributed by atoms with Crippen molar-refractivity contribution >= 4 is 5.91 Å². The minimum atomic E-state index is -1.67. The van der Waals surface area contributed by atoms with E-state index in [0.29, 0.717) is 19.3 Å². The molecule has 1 rings (SSSR count). The lowest BCUT2D eigenvalue weighted by atomic mass is 9.98. The van der Waals surface area contributed by atoms with Crippen LogP contribution in [-0.2, 0) is 14.3 Å². The highest BCUT2D eigenvalue weighted by atomic mass is 16.7. The molecule has 1 amide bonds. The quantitative estimate of drug-likeness (QED) is 0.0217. The zero-order valence-corrected chi connectivity index (χ0v) is 39.4. The van der Waals surface area contributed by atoms with Crippen molar-refractivity contribution in [2.45, 2.75) is 268 Å². The maximum atomic E-state index is 13.1. The highest BCUT2D eigenvalue weighted by Crippen LogP contribution is 2.23. The van der Waals surface area contributed by atoms with Gasteiger partial charge in [-0.25, -0.2) is 0 Å². The standard InChI is InChI=1S/C51H95NO10/c1-3-5-7-9-11-13-15-16-17-18-19-20-21-22-23-24-25-26-27-28-29-31-33-35-37-39-44(55)50(60)52-42(41-61-51-49(59)48(58)47(57)45(40-53)62-51)46(56)43(54)38-36-34-32-30-14-12-10-8-6-4-2/h8,10,22-23,30,32,42-49,51,53-59H,3-7,9,11-21,24-29,31,33-41H2,1-2H3,(H,52,60)/b10-8+,23-22-,32-30+. The minimum Gasteiger partial charge on any atom is -0.394 e. The smallest absolute Gasteiger partial charge is 0.249 e. The number of carbonyl (C=O) groups is 1. The predicted molar refractivity (Wildman–Crippen MR) is 252 cm³/mol. The van der Waals surface area contributed by atoms with Crippen LogP contribution in [0.15, 0.2) is 36.5 Å². The lowest BCUT2D eigenvalue weighted by Gasteiger charge is -2.40. The molecule has 9 atom stereocenters. The molecule has 62 heavy (non-hydrogen) atoms. The highest BCUT2D eigenvalue weighted by Gasteiger charge is 2.44. The Bertz CT molecular complexity index is 1100. The molecule has 1 saturated heterocycles. The van der Waals surface area contributed by atoms with E-state index in [4.69, 9.17) is 9.47 Å². The van der Waals surface area contributed by atoms with Crippen molar-refractivity contribution in [1.82, 2.24) is 5.32 Å². The van der Waals surface area contributed by atoms with Crippen molar-refractivity contribution in [1.29, 1.82) is 0 Å². The van der Waals surface area contributed by atoms with Crippen LogP contribution in [0.2, 0.25) is 0 Å². The fourth-order valence-corrected chi connectivity index (χ4v) is 7.93. The zero-order valence-electron chi connectivity index (χ0n) is 39.4. The molecule has 11 nitrogen and oxygen atoms in total. The summed E-state index contributed by atoms with van der Waals surface area (Å²) in [7, 11) is 0. The van der Waals surface area contributed by atoms with Crippen LogP contribution in [0.5, 0.6) is 0 Å². The van der Waals surface area contributed by atoms with Crippen LogP contribution in [0, 0.1) is 0 Å². The molecule has 11 heteroatoms. The van der Waals surface area contributed by atoms with Crippen LogP contribution in [-0.4, -0.2) is 110 Å². The summed E-state index contributed by atoms with van der Waals surface area (Å²) >= 11 is 0. The summed E-state index contributed by atoms with van der Waals surface area (Å²) in [5, 5.41) is 75.6. The number of rotatable bonds is 42. The van der Waals surface area contributed by atoms with Gasteiger partial charge >= 0.3 is 0 Å². The molecule has 364 valence electrons. The largest absolute Gasteiger partial charge is 0.394 e. The molecular formula is C51H95NO10. The summed E-state index contributed by atoms with van der Waals surface area (Å²) in [6.07, 6.45) is 36.5. The number of allylic oxidation sites excluding steroid dienone is 6. The molecule has 0 spiro atoms. The van der Waals surface area contributed by atoms with Crippen LogP contribution >= 0.6 is 0 Å². The second-order valence-electron chi connectivity index (χ2n) is 17.9. The van der Waals surface area contributed by atoms with Crippen molar-refractivity contribution in [3.63, 3.8) is 0 Å². The normalized spacial score (nSPS) is 21.6. The molecule has 0 aromatic rings. The summed E-state index contributed by atoms with van der Waals surface area (Å²) < 4.78 is 11.1. The molecule has 0 aromatic carbocycles. The first-order valence-electron chi connectivity index (χ1n) is 25.4. The molecule has 9 unspecified atom stereocenters. The van der Waals surface area contributed by atoms with Gasteiger partial charge in [-0.05, 0) is 70.6 Å². The van der Waals surface area contributed by atoms with Gasteiger partial charge in [-0.1, -0.05) is 179 Å². The third-order valence-corrected chi connectivity index (χ3v) is 12.1. The predicted octanol–water partition coefficient (Wildman–Crippen LogP) is 9.17. The molecule has 1 aliphatic heterocycles. The molecule has 1 heterocycles. The Morgan fingerprint density at radius 3 is 1.50 bits per heavy atom. The molecule has 1 aliphatic rings. The van der Waals surface area contributed by atoms with Gasteiger partial charge in [-0.2, -0.15) is 0 Å². The van der Waals surface area contributed by atoms with E-state index in [0.717, 1.165) is 44.9 Å². The molecular weight excluding hydrogens is 787 g/mol. The number of nitrogens with one attached hydrogen (secondary N) is 1. The number of aliphatic hydroxyl groups is 7. The van der Waals surface area contributed by atoms with Crippen molar-refractivity contribution in [2.24, 2.45) is 0 Å².